The summed E-state index contributed by atoms with van der Waals surface area (Å²) < 4.78 is 27.7. The van der Waals surface area contributed by atoms with E-state index in [9.17, 15) is 18.3 Å². The lowest BCUT2D eigenvalue weighted by atomic mass is 9.77. The van der Waals surface area contributed by atoms with Gasteiger partial charge in [0, 0.05) is 6.54 Å². The molecular weight excluding hydrogens is 378 g/mol. The lowest BCUT2D eigenvalue weighted by molar-refractivity contribution is -0.147. The molecule has 1 aromatic rings. The summed E-state index contributed by atoms with van der Waals surface area (Å²) in [6, 6.07) is 0.558. The molecule has 1 atom stereocenters. The molecule has 0 bridgehead atoms. The fraction of sp³-hybridized carbons (Fsp3) is 0.615. The Balaban J connectivity index is 2.49. The largest absolute Gasteiger partial charge is 0.480 e. The minimum atomic E-state index is -3.79. The van der Waals surface area contributed by atoms with Gasteiger partial charge in [0.05, 0.1) is 3.79 Å². The topological polar surface area (TPSA) is 74.7 Å². The van der Waals surface area contributed by atoms with Gasteiger partial charge in [-0.25, -0.2) is 8.42 Å². The Morgan fingerprint density at radius 1 is 1.52 bits per heavy atom. The highest BCUT2D eigenvalue weighted by Gasteiger charge is 2.48. The molecule has 1 N–H and O–H groups in total. The van der Waals surface area contributed by atoms with Gasteiger partial charge in [0.1, 0.15) is 10.3 Å². The standard InChI is InChI=1S/C13H18BrNO4S2/c1-8-7-9(20-11(8)14)21(18,19)15-6-4-5-13(2,3)10(15)12(16)17/h7,10H,4-6H2,1-3H3,(H,16,17). The number of thiophene rings is 1. The van der Waals surface area contributed by atoms with Crippen LogP contribution in [0.1, 0.15) is 32.3 Å². The molecule has 1 aliphatic heterocycles. The number of hydrogen-bond donors (Lipinski definition) is 1. The number of rotatable bonds is 3. The number of aryl methyl sites for hydroxylation is 1. The van der Waals surface area contributed by atoms with Gasteiger partial charge in [-0.15, -0.1) is 11.3 Å². The quantitative estimate of drug-likeness (QED) is 0.852. The zero-order valence-electron chi connectivity index (χ0n) is 12.1. The lowest BCUT2D eigenvalue weighted by Gasteiger charge is -2.42. The summed E-state index contributed by atoms with van der Waals surface area (Å²) >= 11 is 4.44. The maximum atomic E-state index is 12.8. The Morgan fingerprint density at radius 2 is 2.14 bits per heavy atom. The third-order valence-corrected chi connectivity index (χ3v) is 8.31. The van der Waals surface area contributed by atoms with Crippen LogP contribution in [0, 0.1) is 12.3 Å². The normalized spacial score (nSPS) is 23.1. The second-order valence-electron chi connectivity index (χ2n) is 5.97. The molecule has 0 aliphatic carbocycles. The number of halogens is 1. The smallest absolute Gasteiger partial charge is 0.322 e. The van der Waals surface area contributed by atoms with Crippen LogP contribution in [0.2, 0.25) is 0 Å². The molecule has 1 unspecified atom stereocenters. The van der Waals surface area contributed by atoms with Crippen molar-refractivity contribution in [2.24, 2.45) is 5.41 Å². The average molecular weight is 396 g/mol. The SMILES string of the molecule is Cc1cc(S(=O)(=O)N2CCCC(C)(C)C2C(=O)O)sc1Br. The summed E-state index contributed by atoms with van der Waals surface area (Å²) in [6.07, 6.45) is 1.37. The highest BCUT2D eigenvalue weighted by molar-refractivity contribution is 9.11. The van der Waals surface area contributed by atoms with Crippen molar-refractivity contribution >= 4 is 43.3 Å². The van der Waals surface area contributed by atoms with E-state index >= 15 is 0 Å². The molecule has 5 nitrogen and oxygen atoms in total. The van der Waals surface area contributed by atoms with Gasteiger partial charge in [-0.1, -0.05) is 13.8 Å². The first-order valence-electron chi connectivity index (χ1n) is 6.58. The van der Waals surface area contributed by atoms with Crippen LogP contribution >= 0.6 is 27.3 Å². The molecule has 1 fully saturated rings. The molecule has 0 aromatic carbocycles. The Labute approximate surface area is 137 Å². The van der Waals surface area contributed by atoms with Crippen LogP contribution in [-0.4, -0.2) is 36.4 Å². The summed E-state index contributed by atoms with van der Waals surface area (Å²) in [5.74, 6) is -1.09. The number of carbonyl (C=O) groups is 1. The van der Waals surface area contributed by atoms with Gasteiger partial charge in [0.25, 0.3) is 10.0 Å². The van der Waals surface area contributed by atoms with E-state index in [1.807, 2.05) is 20.8 Å². The number of piperidine rings is 1. The highest BCUT2D eigenvalue weighted by atomic mass is 79.9. The molecule has 1 saturated heterocycles. The first-order valence-corrected chi connectivity index (χ1v) is 9.63. The van der Waals surface area contributed by atoms with Crippen molar-refractivity contribution in [1.82, 2.24) is 4.31 Å². The van der Waals surface area contributed by atoms with Crippen molar-refractivity contribution in [3.05, 3.63) is 15.4 Å². The lowest BCUT2D eigenvalue weighted by Crippen LogP contribution is -2.56. The van der Waals surface area contributed by atoms with E-state index in [1.54, 1.807) is 6.07 Å². The first kappa shape index (κ1) is 16.9. The second-order valence-corrected chi connectivity index (χ2v) is 10.5. The Morgan fingerprint density at radius 3 is 2.62 bits per heavy atom. The molecular formula is C13H18BrNO4S2. The number of sulfonamides is 1. The van der Waals surface area contributed by atoms with Crippen molar-refractivity contribution in [2.45, 2.75) is 43.9 Å². The average Bonchev–Trinajstić information content (AvgIpc) is 2.68. The molecule has 118 valence electrons. The van der Waals surface area contributed by atoms with E-state index in [2.05, 4.69) is 15.9 Å². The van der Waals surface area contributed by atoms with Crippen LogP contribution in [-0.2, 0) is 14.8 Å². The zero-order chi connectivity index (χ0) is 16.0. The highest BCUT2D eigenvalue weighted by Crippen LogP contribution is 2.40. The minimum Gasteiger partial charge on any atom is -0.480 e. The summed E-state index contributed by atoms with van der Waals surface area (Å²) in [5, 5.41) is 9.50. The van der Waals surface area contributed by atoms with Crippen molar-refractivity contribution in [2.75, 3.05) is 6.54 Å². The molecule has 2 rings (SSSR count). The molecule has 0 saturated carbocycles. The third kappa shape index (κ3) is 3.04. The van der Waals surface area contributed by atoms with E-state index in [-0.39, 0.29) is 10.8 Å². The van der Waals surface area contributed by atoms with E-state index in [0.717, 1.165) is 25.0 Å². The van der Waals surface area contributed by atoms with Crippen molar-refractivity contribution in [3.63, 3.8) is 0 Å². The molecule has 8 heteroatoms. The summed E-state index contributed by atoms with van der Waals surface area (Å²) in [6.45, 7) is 5.68. The van der Waals surface area contributed by atoms with Gasteiger partial charge in [-0.3, -0.25) is 4.79 Å². The number of carboxylic acids is 1. The molecule has 21 heavy (non-hydrogen) atoms. The van der Waals surface area contributed by atoms with Gasteiger partial charge < -0.3 is 5.11 Å². The molecule has 1 aromatic heterocycles. The maximum absolute atomic E-state index is 12.8. The minimum absolute atomic E-state index is 0.191. The van der Waals surface area contributed by atoms with Crippen LogP contribution in [0.3, 0.4) is 0 Å². The van der Waals surface area contributed by atoms with Crippen LogP contribution < -0.4 is 0 Å². The number of hydrogen-bond acceptors (Lipinski definition) is 4. The fourth-order valence-corrected chi connectivity index (χ4v) is 6.87. The molecule has 0 amide bonds. The van der Waals surface area contributed by atoms with Gasteiger partial charge >= 0.3 is 5.97 Å². The van der Waals surface area contributed by atoms with E-state index in [1.165, 1.54) is 0 Å². The Bertz CT molecular complexity index is 646. The fourth-order valence-electron chi connectivity index (χ4n) is 2.74. The summed E-state index contributed by atoms with van der Waals surface area (Å²) in [5.41, 5.74) is 0.252. The van der Waals surface area contributed by atoms with Crippen LogP contribution in [0.25, 0.3) is 0 Å². The molecule has 0 spiro atoms. The van der Waals surface area contributed by atoms with E-state index < -0.39 is 27.4 Å². The first-order chi connectivity index (χ1) is 9.57. The molecule has 2 heterocycles. The van der Waals surface area contributed by atoms with Crippen molar-refractivity contribution < 1.29 is 18.3 Å². The summed E-state index contributed by atoms with van der Waals surface area (Å²) in [7, 11) is -3.79. The van der Waals surface area contributed by atoms with Gasteiger partial charge in [-0.05, 0) is 52.7 Å². The Hall–Kier alpha value is -0.440. The number of nitrogens with zero attached hydrogens (tertiary/aromatic N) is 1. The maximum Gasteiger partial charge on any atom is 0.322 e. The molecule has 1 aliphatic rings. The van der Waals surface area contributed by atoms with Crippen LogP contribution in [0.4, 0.5) is 0 Å². The van der Waals surface area contributed by atoms with E-state index in [0.29, 0.717) is 12.8 Å². The predicted octanol–water partition coefficient (Wildman–Crippen LogP) is 3.08. The summed E-state index contributed by atoms with van der Waals surface area (Å²) in [4.78, 5) is 11.6. The predicted molar refractivity (Wildman–Crippen MR) is 85.1 cm³/mol. The van der Waals surface area contributed by atoms with E-state index in [4.69, 9.17) is 0 Å². The van der Waals surface area contributed by atoms with Gasteiger partial charge in [0.2, 0.25) is 0 Å². The number of aliphatic carboxylic acids is 1. The van der Waals surface area contributed by atoms with Crippen LogP contribution in [0.5, 0.6) is 0 Å². The van der Waals surface area contributed by atoms with Crippen molar-refractivity contribution in [3.8, 4) is 0 Å². The zero-order valence-corrected chi connectivity index (χ0v) is 15.3. The van der Waals surface area contributed by atoms with Crippen molar-refractivity contribution in [1.29, 1.82) is 0 Å². The second kappa shape index (κ2) is 5.64. The van der Waals surface area contributed by atoms with Crippen LogP contribution in [0.15, 0.2) is 14.1 Å². The van der Waals surface area contributed by atoms with Gasteiger partial charge in [-0.2, -0.15) is 4.31 Å². The third-order valence-electron chi connectivity index (χ3n) is 3.86. The monoisotopic (exact) mass is 395 g/mol. The Kier molecular flexibility index (Phi) is 4.55. The molecule has 0 radical (unpaired) electrons. The van der Waals surface area contributed by atoms with Gasteiger partial charge in [0.15, 0.2) is 0 Å². The number of carboxylic acid groups (broad SMARTS) is 1.